The summed E-state index contributed by atoms with van der Waals surface area (Å²) in [5.41, 5.74) is -2.09. The van der Waals surface area contributed by atoms with Gasteiger partial charge in [0.1, 0.15) is 24.4 Å². The average Bonchev–Trinajstić information content (AvgIpc) is 2.78. The summed E-state index contributed by atoms with van der Waals surface area (Å²) in [7, 11) is 0. The molecule has 3 rings (SSSR count). The lowest BCUT2D eigenvalue weighted by Gasteiger charge is -2.62. The Morgan fingerprint density at radius 1 is 1.06 bits per heavy atom. The van der Waals surface area contributed by atoms with Crippen LogP contribution in [0.3, 0.4) is 0 Å². The number of rotatable bonds is 8. The molecular formula is C26H46O8. The number of fused-ring (bicyclic) bond motifs is 1. The lowest BCUT2D eigenvalue weighted by molar-refractivity contribution is -0.320. The molecule has 1 saturated heterocycles. The molecule has 1 heterocycles. The van der Waals surface area contributed by atoms with Crippen molar-refractivity contribution in [3.8, 4) is 0 Å². The number of hydrogen-bond acceptors (Lipinski definition) is 8. The molecule has 0 bridgehead atoms. The number of ether oxygens (including phenoxy) is 2. The predicted octanol–water partition coefficient (Wildman–Crippen LogP) is 1.49. The van der Waals surface area contributed by atoms with Gasteiger partial charge in [-0.15, -0.1) is 6.58 Å². The minimum atomic E-state index is -1.51. The zero-order valence-corrected chi connectivity index (χ0v) is 21.2. The Morgan fingerprint density at radius 2 is 1.74 bits per heavy atom. The number of aliphatic hydroxyl groups is 6. The maximum Gasteiger partial charge on any atom is 0.187 e. The first-order valence-corrected chi connectivity index (χ1v) is 12.7. The van der Waals surface area contributed by atoms with Gasteiger partial charge < -0.3 is 40.1 Å². The summed E-state index contributed by atoms with van der Waals surface area (Å²) in [5, 5.41) is 61.7. The second-order valence-corrected chi connectivity index (χ2v) is 12.0. The molecule has 198 valence electrons. The highest BCUT2D eigenvalue weighted by atomic mass is 16.7. The number of hydrogen-bond donors (Lipinski definition) is 6. The number of aliphatic hydroxyl groups excluding tert-OH is 5. The summed E-state index contributed by atoms with van der Waals surface area (Å²) >= 11 is 0. The largest absolute Gasteiger partial charge is 0.396 e. The van der Waals surface area contributed by atoms with E-state index in [4.69, 9.17) is 9.47 Å². The zero-order valence-electron chi connectivity index (χ0n) is 21.2. The van der Waals surface area contributed by atoms with Gasteiger partial charge in [0.15, 0.2) is 6.29 Å². The minimum absolute atomic E-state index is 0.0254. The van der Waals surface area contributed by atoms with Crippen LogP contribution in [0.2, 0.25) is 0 Å². The SMILES string of the molecule is C=C[C@@](C)(CC[C@H]1[C@]2(C)CCC[C@@](C)(CO)[C@H]2CC[C@@]1(C)O)O[C@@H]1O[C@H](CO)[C@@H](O)[C@H](O)[C@H]1O. The first kappa shape index (κ1) is 28.0. The van der Waals surface area contributed by atoms with Gasteiger partial charge in [-0.05, 0) is 75.0 Å². The maximum absolute atomic E-state index is 11.5. The molecular weight excluding hydrogens is 440 g/mol. The normalized spacial score (nSPS) is 49.2. The van der Waals surface area contributed by atoms with Crippen LogP contribution in [-0.4, -0.2) is 85.8 Å². The Kier molecular flexibility index (Phi) is 8.28. The lowest BCUT2D eigenvalue weighted by Crippen LogP contribution is -2.60. The summed E-state index contributed by atoms with van der Waals surface area (Å²) in [6.45, 7) is 11.7. The van der Waals surface area contributed by atoms with Gasteiger partial charge in [-0.2, -0.15) is 0 Å². The van der Waals surface area contributed by atoms with Gasteiger partial charge in [-0.25, -0.2) is 0 Å². The fourth-order valence-electron chi connectivity index (χ4n) is 7.33. The highest BCUT2D eigenvalue weighted by molar-refractivity contribution is 5.09. The van der Waals surface area contributed by atoms with E-state index in [9.17, 15) is 30.6 Å². The van der Waals surface area contributed by atoms with E-state index in [-0.39, 0.29) is 23.4 Å². The van der Waals surface area contributed by atoms with Crippen molar-refractivity contribution in [2.45, 2.75) is 115 Å². The monoisotopic (exact) mass is 486 g/mol. The van der Waals surface area contributed by atoms with Gasteiger partial charge in [0.2, 0.25) is 0 Å². The van der Waals surface area contributed by atoms with Crippen molar-refractivity contribution in [1.82, 2.24) is 0 Å². The van der Waals surface area contributed by atoms with Crippen LogP contribution in [0.4, 0.5) is 0 Å². The molecule has 11 atom stereocenters. The van der Waals surface area contributed by atoms with Crippen LogP contribution < -0.4 is 0 Å². The van der Waals surface area contributed by atoms with Gasteiger partial charge in [-0.1, -0.05) is 26.3 Å². The average molecular weight is 487 g/mol. The van der Waals surface area contributed by atoms with E-state index < -0.39 is 48.5 Å². The second-order valence-electron chi connectivity index (χ2n) is 12.0. The van der Waals surface area contributed by atoms with Gasteiger partial charge in [0.25, 0.3) is 0 Å². The van der Waals surface area contributed by atoms with Crippen LogP contribution in [0.15, 0.2) is 12.7 Å². The molecule has 0 aromatic heterocycles. The van der Waals surface area contributed by atoms with Crippen molar-refractivity contribution in [2.24, 2.45) is 22.7 Å². The molecule has 2 aliphatic carbocycles. The molecule has 3 aliphatic rings. The van der Waals surface area contributed by atoms with E-state index in [1.54, 1.807) is 6.08 Å². The smallest absolute Gasteiger partial charge is 0.187 e. The molecule has 0 unspecified atom stereocenters. The van der Waals surface area contributed by atoms with Gasteiger partial charge >= 0.3 is 0 Å². The first-order chi connectivity index (χ1) is 15.8. The third kappa shape index (κ3) is 4.98. The molecule has 0 amide bonds. The fraction of sp³-hybridized carbons (Fsp3) is 0.923. The molecule has 1 aliphatic heterocycles. The van der Waals surface area contributed by atoms with Crippen molar-refractivity contribution in [1.29, 1.82) is 0 Å². The maximum atomic E-state index is 11.5. The quantitative estimate of drug-likeness (QED) is 0.284. The molecule has 0 aromatic carbocycles. The fourth-order valence-corrected chi connectivity index (χ4v) is 7.33. The Bertz CT molecular complexity index is 713. The van der Waals surface area contributed by atoms with Crippen LogP contribution in [0.1, 0.15) is 72.6 Å². The van der Waals surface area contributed by atoms with Crippen LogP contribution in [0, 0.1) is 22.7 Å². The predicted molar refractivity (Wildman–Crippen MR) is 127 cm³/mol. The summed E-state index contributed by atoms with van der Waals surface area (Å²) in [6, 6.07) is 0. The molecule has 3 fully saturated rings. The molecule has 8 nitrogen and oxygen atoms in total. The third-order valence-electron chi connectivity index (χ3n) is 9.54. The van der Waals surface area contributed by atoms with E-state index >= 15 is 0 Å². The van der Waals surface area contributed by atoms with Gasteiger partial charge in [-0.3, -0.25) is 0 Å². The van der Waals surface area contributed by atoms with E-state index in [1.807, 2.05) is 13.8 Å². The highest BCUT2D eigenvalue weighted by Gasteiger charge is 2.59. The molecule has 0 aromatic rings. The van der Waals surface area contributed by atoms with Crippen LogP contribution >= 0.6 is 0 Å². The third-order valence-corrected chi connectivity index (χ3v) is 9.54. The standard InChI is InChI=1S/C26H46O8/c1-6-24(3,34-22-21(31)20(30)19(29)16(14-27)33-22)12-8-18-25(4)11-7-10-23(2,15-28)17(25)9-13-26(18,5)32/h6,16-22,27-32H,1,7-15H2,2-5H3/t16-,17-,18+,19-,20+,21-,22+,23+,24+,25-,26-/m1/s1. The van der Waals surface area contributed by atoms with Crippen molar-refractivity contribution < 1.29 is 40.1 Å². The van der Waals surface area contributed by atoms with E-state index in [0.29, 0.717) is 25.2 Å². The highest BCUT2D eigenvalue weighted by Crippen LogP contribution is 2.63. The molecule has 2 saturated carbocycles. The zero-order chi connectivity index (χ0) is 25.5. The molecule has 6 N–H and O–H groups in total. The first-order valence-electron chi connectivity index (χ1n) is 12.7. The Morgan fingerprint density at radius 3 is 2.32 bits per heavy atom. The van der Waals surface area contributed by atoms with Crippen molar-refractivity contribution >= 4 is 0 Å². The van der Waals surface area contributed by atoms with Gasteiger partial charge in [0, 0.05) is 6.61 Å². The van der Waals surface area contributed by atoms with E-state index in [2.05, 4.69) is 20.4 Å². The van der Waals surface area contributed by atoms with Crippen LogP contribution in [0.25, 0.3) is 0 Å². The topological polar surface area (TPSA) is 140 Å². The summed E-state index contributed by atoms with van der Waals surface area (Å²) in [4.78, 5) is 0. The van der Waals surface area contributed by atoms with Crippen LogP contribution in [0.5, 0.6) is 0 Å². The Hall–Kier alpha value is -0.580. The minimum Gasteiger partial charge on any atom is -0.396 e. The van der Waals surface area contributed by atoms with E-state index in [1.165, 1.54) is 0 Å². The van der Waals surface area contributed by atoms with Crippen LogP contribution in [-0.2, 0) is 9.47 Å². The molecule has 0 radical (unpaired) electrons. The summed E-state index contributed by atoms with van der Waals surface area (Å²) in [5.74, 6) is 0.285. The summed E-state index contributed by atoms with van der Waals surface area (Å²) in [6.07, 6.45) is 0.570. The van der Waals surface area contributed by atoms with Gasteiger partial charge in [0.05, 0.1) is 17.8 Å². The van der Waals surface area contributed by atoms with Crippen molar-refractivity contribution in [2.75, 3.05) is 13.2 Å². The Labute approximate surface area is 203 Å². The van der Waals surface area contributed by atoms with Crippen molar-refractivity contribution in [3.63, 3.8) is 0 Å². The Balaban J connectivity index is 1.78. The molecule has 8 heteroatoms. The molecule has 34 heavy (non-hydrogen) atoms. The lowest BCUT2D eigenvalue weighted by atomic mass is 9.44. The second kappa shape index (κ2) is 10.1. The summed E-state index contributed by atoms with van der Waals surface area (Å²) < 4.78 is 11.6. The van der Waals surface area contributed by atoms with Crippen molar-refractivity contribution in [3.05, 3.63) is 12.7 Å². The van der Waals surface area contributed by atoms with E-state index in [0.717, 1.165) is 25.7 Å². The molecule has 0 spiro atoms.